The third-order valence-corrected chi connectivity index (χ3v) is 10.8. The molecule has 1 amide bonds. The van der Waals surface area contributed by atoms with Gasteiger partial charge in [0.15, 0.2) is 5.82 Å². The lowest BCUT2D eigenvalue weighted by Gasteiger charge is -2.35. The van der Waals surface area contributed by atoms with Crippen molar-refractivity contribution in [2.45, 2.75) is 62.2 Å². The molecule has 4 saturated heterocycles. The van der Waals surface area contributed by atoms with Crippen molar-refractivity contribution in [2.24, 2.45) is 0 Å². The van der Waals surface area contributed by atoms with Crippen molar-refractivity contribution >= 4 is 33.6 Å². The summed E-state index contributed by atoms with van der Waals surface area (Å²) in [5.41, 5.74) is 0.321. The predicted molar refractivity (Wildman–Crippen MR) is 183 cm³/mol. The van der Waals surface area contributed by atoms with Gasteiger partial charge in [0.05, 0.1) is 16.5 Å². The van der Waals surface area contributed by atoms with E-state index in [1.54, 1.807) is 38.5 Å². The standard InChI is InChI=1S/C37H39F2N7O3/c1-4-26-29(38)12-9-22-7-5-8-27(30(22)26)32-31(39)33-28(17-40-32)34(45-18-23-10-11-24(19-45)41-23)43-35(42-33)49-21-37-14-6-16-46(37)25(13-15-37)20-48-36(47)44(2)3/h1,5,7-9,12,17,23-25,41H,6,10-11,13-16,18-21H2,2-3H3/t23?,24?,25-,37-/m1/s1. The van der Waals surface area contributed by atoms with Gasteiger partial charge in [-0.15, -0.1) is 6.42 Å². The number of anilines is 1. The normalized spacial score (nSPS) is 24.7. The quantitative estimate of drug-likeness (QED) is 0.270. The number of hydrogen-bond donors (Lipinski definition) is 1. The van der Waals surface area contributed by atoms with Gasteiger partial charge < -0.3 is 24.6 Å². The Balaban J connectivity index is 1.17. The highest BCUT2D eigenvalue weighted by atomic mass is 19.1. The largest absolute Gasteiger partial charge is 0.461 e. The molecule has 4 atom stereocenters. The minimum Gasteiger partial charge on any atom is -0.461 e. The van der Waals surface area contributed by atoms with Gasteiger partial charge in [-0.05, 0) is 56.5 Å². The first-order chi connectivity index (χ1) is 23.7. The molecule has 6 heterocycles. The summed E-state index contributed by atoms with van der Waals surface area (Å²) in [5.74, 6) is 1.84. The smallest absolute Gasteiger partial charge is 0.409 e. The summed E-state index contributed by atoms with van der Waals surface area (Å²) in [7, 11) is 3.35. The second kappa shape index (κ2) is 12.4. The van der Waals surface area contributed by atoms with E-state index < -0.39 is 11.6 Å². The zero-order valence-electron chi connectivity index (χ0n) is 27.7. The van der Waals surface area contributed by atoms with Crippen molar-refractivity contribution in [3.63, 3.8) is 0 Å². The fourth-order valence-electron chi connectivity index (χ4n) is 8.46. The van der Waals surface area contributed by atoms with E-state index in [1.807, 2.05) is 6.07 Å². The fraction of sp³-hybridized carbons (Fsp3) is 0.459. The first kappa shape index (κ1) is 31.7. The van der Waals surface area contributed by atoms with Crippen LogP contribution in [-0.2, 0) is 4.74 Å². The van der Waals surface area contributed by atoms with Crippen LogP contribution in [0.3, 0.4) is 0 Å². The van der Waals surface area contributed by atoms with Gasteiger partial charge in [0.25, 0.3) is 0 Å². The second-order valence-corrected chi connectivity index (χ2v) is 14.0. The number of pyridine rings is 1. The lowest BCUT2D eigenvalue weighted by atomic mass is 9.95. The van der Waals surface area contributed by atoms with Crippen molar-refractivity contribution in [1.29, 1.82) is 0 Å². The Morgan fingerprint density at radius 1 is 1.12 bits per heavy atom. The number of amides is 1. The van der Waals surface area contributed by atoms with Gasteiger partial charge in [0.2, 0.25) is 0 Å². The number of nitrogens with zero attached hydrogens (tertiary/aromatic N) is 6. The number of rotatable bonds is 7. The van der Waals surface area contributed by atoms with E-state index in [1.165, 1.54) is 11.0 Å². The topological polar surface area (TPSA) is 95.9 Å². The SMILES string of the molecule is C#Cc1c(F)ccc2cccc(-c3ncc4c(N5CC6CCC(C5)N6)nc(OC[C@]56CCCN5[C@@H](COC(=O)N(C)C)CC6)nc4c3F)c12. The Kier molecular flexibility index (Phi) is 8.00. The molecule has 2 unspecified atom stereocenters. The maximum Gasteiger partial charge on any atom is 0.409 e. The monoisotopic (exact) mass is 667 g/mol. The predicted octanol–water partition coefficient (Wildman–Crippen LogP) is 5.12. The summed E-state index contributed by atoms with van der Waals surface area (Å²) in [6.45, 7) is 2.99. The molecule has 4 aromatic rings. The van der Waals surface area contributed by atoms with Crippen molar-refractivity contribution in [2.75, 3.05) is 51.8 Å². The lowest BCUT2D eigenvalue weighted by Crippen LogP contribution is -2.51. The van der Waals surface area contributed by atoms with Crippen LogP contribution in [0.1, 0.15) is 44.1 Å². The molecule has 49 heavy (non-hydrogen) atoms. The zero-order chi connectivity index (χ0) is 33.9. The highest BCUT2D eigenvalue weighted by Gasteiger charge is 2.50. The Bertz CT molecular complexity index is 1990. The molecule has 4 aliphatic heterocycles. The van der Waals surface area contributed by atoms with Crippen LogP contribution in [0, 0.1) is 24.0 Å². The Morgan fingerprint density at radius 2 is 1.94 bits per heavy atom. The number of benzene rings is 2. The number of piperazine rings is 1. The number of aromatic nitrogens is 3. The van der Waals surface area contributed by atoms with Crippen LogP contribution in [0.15, 0.2) is 36.5 Å². The highest BCUT2D eigenvalue weighted by Crippen LogP contribution is 2.43. The molecule has 12 heteroatoms. The van der Waals surface area contributed by atoms with Gasteiger partial charge in [-0.1, -0.05) is 30.2 Å². The molecule has 0 radical (unpaired) electrons. The number of fused-ring (bicyclic) bond motifs is 5. The molecule has 254 valence electrons. The average Bonchev–Trinajstić information content (AvgIpc) is 3.78. The molecule has 2 aromatic heterocycles. The van der Waals surface area contributed by atoms with Gasteiger partial charge in [-0.25, -0.2) is 13.6 Å². The van der Waals surface area contributed by atoms with Gasteiger partial charge in [0.1, 0.15) is 36.1 Å². The number of carbonyl (C=O) groups is 1. The summed E-state index contributed by atoms with van der Waals surface area (Å²) in [4.78, 5) is 32.3. The molecular weight excluding hydrogens is 628 g/mol. The number of terminal acetylenes is 1. The maximum atomic E-state index is 16.9. The van der Waals surface area contributed by atoms with Crippen molar-refractivity contribution in [3.05, 3.63) is 53.7 Å². The molecule has 8 rings (SSSR count). The minimum atomic E-state index is -0.645. The minimum absolute atomic E-state index is 0.0302. The van der Waals surface area contributed by atoms with Crippen LogP contribution >= 0.6 is 0 Å². The molecule has 1 N–H and O–H groups in total. The van der Waals surface area contributed by atoms with Crippen molar-refractivity contribution in [3.8, 4) is 29.6 Å². The molecule has 2 aromatic carbocycles. The molecule has 4 aliphatic rings. The van der Waals surface area contributed by atoms with Crippen LogP contribution in [0.4, 0.5) is 19.4 Å². The number of hydrogen-bond acceptors (Lipinski definition) is 9. The van der Waals surface area contributed by atoms with Crippen molar-refractivity contribution < 1.29 is 23.0 Å². The first-order valence-electron chi connectivity index (χ1n) is 17.0. The Morgan fingerprint density at radius 3 is 2.71 bits per heavy atom. The van der Waals surface area contributed by atoms with Crippen LogP contribution in [0.2, 0.25) is 0 Å². The highest BCUT2D eigenvalue weighted by molar-refractivity contribution is 6.02. The summed E-state index contributed by atoms with van der Waals surface area (Å²) in [6.07, 6.45) is 12.8. The van der Waals surface area contributed by atoms with Gasteiger partial charge in [0, 0.05) is 62.5 Å². The molecule has 0 aliphatic carbocycles. The summed E-state index contributed by atoms with van der Waals surface area (Å²) in [5, 5.41) is 5.25. The Hall–Kier alpha value is -4.60. The third kappa shape index (κ3) is 5.49. The second-order valence-electron chi connectivity index (χ2n) is 14.0. The number of halogens is 2. The molecule has 4 fully saturated rings. The van der Waals surface area contributed by atoms with E-state index in [2.05, 4.69) is 31.0 Å². The van der Waals surface area contributed by atoms with E-state index in [0.29, 0.717) is 52.8 Å². The van der Waals surface area contributed by atoms with E-state index in [-0.39, 0.29) is 40.5 Å². The van der Waals surface area contributed by atoms with Crippen LogP contribution in [0.25, 0.3) is 32.9 Å². The number of carbonyl (C=O) groups excluding carboxylic acids is 1. The van der Waals surface area contributed by atoms with Crippen LogP contribution in [-0.4, -0.2) is 101 Å². The van der Waals surface area contributed by atoms with E-state index in [0.717, 1.165) is 58.2 Å². The lowest BCUT2D eigenvalue weighted by molar-refractivity contribution is 0.0484. The summed E-state index contributed by atoms with van der Waals surface area (Å²) < 4.78 is 43.8. The molecule has 2 bridgehead atoms. The molecule has 0 saturated carbocycles. The molecule has 10 nitrogen and oxygen atoms in total. The van der Waals surface area contributed by atoms with E-state index >= 15 is 4.39 Å². The zero-order valence-corrected chi connectivity index (χ0v) is 27.7. The van der Waals surface area contributed by atoms with Gasteiger partial charge in [-0.2, -0.15) is 9.97 Å². The average molecular weight is 668 g/mol. The molecule has 0 spiro atoms. The van der Waals surface area contributed by atoms with E-state index in [4.69, 9.17) is 20.9 Å². The fourth-order valence-corrected chi connectivity index (χ4v) is 8.46. The van der Waals surface area contributed by atoms with Crippen LogP contribution in [0.5, 0.6) is 6.01 Å². The third-order valence-electron chi connectivity index (χ3n) is 10.8. The summed E-state index contributed by atoms with van der Waals surface area (Å²) in [6, 6.07) is 9.09. The van der Waals surface area contributed by atoms with Crippen LogP contribution < -0.4 is 15.0 Å². The number of ether oxygens (including phenoxy) is 2. The summed E-state index contributed by atoms with van der Waals surface area (Å²) >= 11 is 0. The molecular formula is C37H39F2N7O3. The first-order valence-corrected chi connectivity index (χ1v) is 17.0. The Labute approximate surface area is 283 Å². The van der Waals surface area contributed by atoms with Gasteiger partial charge in [-0.3, -0.25) is 9.88 Å². The van der Waals surface area contributed by atoms with Gasteiger partial charge >= 0.3 is 12.1 Å². The van der Waals surface area contributed by atoms with Crippen molar-refractivity contribution in [1.82, 2.24) is 30.1 Å². The number of nitrogens with one attached hydrogen (secondary N) is 1. The van der Waals surface area contributed by atoms with E-state index in [9.17, 15) is 9.18 Å². The maximum absolute atomic E-state index is 16.9.